The molecule has 25 heavy (non-hydrogen) atoms. The van der Waals surface area contributed by atoms with Crippen molar-refractivity contribution in [3.8, 4) is 11.5 Å². The molecule has 2 aliphatic heterocycles. The number of ether oxygens (including phenoxy) is 1. The van der Waals surface area contributed by atoms with Crippen molar-refractivity contribution in [2.75, 3.05) is 23.5 Å². The van der Waals surface area contributed by atoms with E-state index in [9.17, 15) is 19.8 Å². The summed E-state index contributed by atoms with van der Waals surface area (Å²) in [5.74, 6) is -0.377. The van der Waals surface area contributed by atoms with Crippen molar-refractivity contribution < 1.29 is 24.5 Å². The van der Waals surface area contributed by atoms with Crippen molar-refractivity contribution in [3.63, 3.8) is 0 Å². The zero-order valence-electron chi connectivity index (χ0n) is 13.5. The van der Waals surface area contributed by atoms with E-state index in [2.05, 4.69) is 0 Å². The number of aromatic hydroxyl groups is 1. The van der Waals surface area contributed by atoms with Crippen LogP contribution in [0.1, 0.15) is 15.9 Å². The summed E-state index contributed by atoms with van der Waals surface area (Å²) < 4.78 is 5.09. The summed E-state index contributed by atoms with van der Waals surface area (Å²) in [5.41, 5.74) is 2.17. The maximum Gasteiger partial charge on any atom is 0.411 e. The lowest BCUT2D eigenvalue weighted by Gasteiger charge is -2.24. The van der Waals surface area contributed by atoms with Gasteiger partial charge in [0.05, 0.1) is 30.9 Å². The summed E-state index contributed by atoms with van der Waals surface area (Å²) in [6, 6.07) is 9.94. The molecule has 0 saturated heterocycles. The number of hydrogen-bond acceptors (Lipinski definition) is 4. The summed E-state index contributed by atoms with van der Waals surface area (Å²) >= 11 is 0. The molecule has 1 unspecified atom stereocenters. The van der Waals surface area contributed by atoms with E-state index in [1.807, 2.05) is 24.3 Å². The molecule has 4 rings (SSSR count). The summed E-state index contributed by atoms with van der Waals surface area (Å²) in [6.07, 6.45) is -0.584. The van der Waals surface area contributed by atoms with Crippen LogP contribution in [0.15, 0.2) is 36.4 Å². The van der Waals surface area contributed by atoms with Gasteiger partial charge in [-0.15, -0.1) is 0 Å². The number of carbonyl (C=O) groups excluding carboxylic acids is 1. The molecule has 2 aromatic carbocycles. The van der Waals surface area contributed by atoms with Gasteiger partial charge in [-0.2, -0.15) is 0 Å². The Balaban J connectivity index is 1.92. The largest absolute Gasteiger partial charge is 0.504 e. The molecule has 0 radical (unpaired) electrons. The molecule has 2 heterocycles. The first kappa shape index (κ1) is 15.3. The van der Waals surface area contributed by atoms with Crippen molar-refractivity contribution >= 4 is 23.4 Å². The zero-order chi connectivity index (χ0) is 17.7. The van der Waals surface area contributed by atoms with Crippen LogP contribution in [0.3, 0.4) is 0 Å². The molecular weight excluding hydrogens is 324 g/mol. The minimum atomic E-state index is -1.17. The van der Waals surface area contributed by atoms with Crippen molar-refractivity contribution in [2.24, 2.45) is 0 Å². The smallest absolute Gasteiger partial charge is 0.411 e. The third-order valence-electron chi connectivity index (χ3n) is 4.73. The minimum Gasteiger partial charge on any atom is -0.504 e. The van der Waals surface area contributed by atoms with Crippen LogP contribution in [0.4, 0.5) is 16.2 Å². The van der Waals surface area contributed by atoms with E-state index in [0.717, 1.165) is 16.2 Å². The Hall–Kier alpha value is -3.22. The van der Waals surface area contributed by atoms with Crippen LogP contribution in [0, 0.1) is 0 Å². The van der Waals surface area contributed by atoms with Crippen molar-refractivity contribution in [1.82, 2.24) is 0 Å². The first-order chi connectivity index (χ1) is 12.0. The lowest BCUT2D eigenvalue weighted by atomic mass is 10.1. The topological polar surface area (TPSA) is 90.3 Å². The SMILES string of the molecule is COc1cc2c(cc1O)N(C(=O)O)CC1Cc3ccccc3N1C2=O. The van der Waals surface area contributed by atoms with E-state index >= 15 is 0 Å². The number of rotatable bonds is 1. The number of anilines is 2. The van der Waals surface area contributed by atoms with Gasteiger partial charge in [-0.3, -0.25) is 9.69 Å². The molecule has 1 atom stereocenters. The van der Waals surface area contributed by atoms with Gasteiger partial charge < -0.3 is 19.8 Å². The van der Waals surface area contributed by atoms with Crippen LogP contribution >= 0.6 is 0 Å². The second-order valence-corrected chi connectivity index (χ2v) is 6.10. The summed E-state index contributed by atoms with van der Waals surface area (Å²) in [5, 5.41) is 19.7. The molecule has 0 spiro atoms. The van der Waals surface area contributed by atoms with Gasteiger partial charge in [0, 0.05) is 11.8 Å². The van der Waals surface area contributed by atoms with Gasteiger partial charge in [-0.1, -0.05) is 18.2 Å². The minimum absolute atomic E-state index is 0.128. The number of carboxylic acid groups (broad SMARTS) is 1. The first-order valence-corrected chi connectivity index (χ1v) is 7.84. The van der Waals surface area contributed by atoms with E-state index in [1.54, 1.807) is 4.90 Å². The molecular formula is C18H16N2O5. The molecule has 7 nitrogen and oxygen atoms in total. The van der Waals surface area contributed by atoms with Gasteiger partial charge in [-0.05, 0) is 24.1 Å². The van der Waals surface area contributed by atoms with Gasteiger partial charge in [-0.25, -0.2) is 4.79 Å². The van der Waals surface area contributed by atoms with E-state index in [-0.39, 0.29) is 41.2 Å². The highest BCUT2D eigenvalue weighted by molar-refractivity contribution is 6.14. The van der Waals surface area contributed by atoms with E-state index in [4.69, 9.17) is 4.74 Å². The fraction of sp³-hybridized carbons (Fsp3) is 0.222. The second-order valence-electron chi connectivity index (χ2n) is 6.10. The number of benzene rings is 2. The van der Waals surface area contributed by atoms with Gasteiger partial charge in [0.25, 0.3) is 5.91 Å². The van der Waals surface area contributed by atoms with Gasteiger partial charge in [0.1, 0.15) is 0 Å². The number of carbonyl (C=O) groups is 2. The number of nitrogens with zero attached hydrogens (tertiary/aromatic N) is 2. The first-order valence-electron chi connectivity index (χ1n) is 7.84. The van der Waals surface area contributed by atoms with Crippen LogP contribution in [0.5, 0.6) is 11.5 Å². The maximum absolute atomic E-state index is 13.2. The summed E-state index contributed by atoms with van der Waals surface area (Å²) in [7, 11) is 1.38. The van der Waals surface area contributed by atoms with Crippen molar-refractivity contribution in [3.05, 3.63) is 47.5 Å². The number of phenolic OH excluding ortho intramolecular Hbond substituents is 1. The number of fused-ring (bicyclic) bond motifs is 4. The standard InChI is InChI=1S/C18H16N2O5/c1-25-16-7-12-14(8-15(16)21)19(18(23)24)9-11-6-10-4-2-3-5-13(10)20(11)17(12)22/h2-5,7-8,11,21H,6,9H2,1H3,(H,23,24). The fourth-order valence-corrected chi connectivity index (χ4v) is 3.62. The highest BCUT2D eigenvalue weighted by atomic mass is 16.5. The second kappa shape index (κ2) is 5.41. The third kappa shape index (κ3) is 2.20. The van der Waals surface area contributed by atoms with Gasteiger partial charge in [0.15, 0.2) is 11.5 Å². The van der Waals surface area contributed by atoms with Gasteiger partial charge >= 0.3 is 6.09 Å². The molecule has 0 saturated carbocycles. The fourth-order valence-electron chi connectivity index (χ4n) is 3.62. The van der Waals surface area contributed by atoms with E-state index < -0.39 is 6.09 Å². The van der Waals surface area contributed by atoms with E-state index in [1.165, 1.54) is 19.2 Å². The highest BCUT2D eigenvalue weighted by Crippen LogP contribution is 2.41. The molecule has 0 bridgehead atoms. The molecule has 2 aliphatic rings. The molecule has 2 N–H and O–H groups in total. The van der Waals surface area contributed by atoms with E-state index in [0.29, 0.717) is 6.42 Å². The number of para-hydroxylation sites is 1. The van der Waals surface area contributed by atoms with Crippen LogP contribution in [0.2, 0.25) is 0 Å². The van der Waals surface area contributed by atoms with Crippen LogP contribution < -0.4 is 14.5 Å². The molecule has 7 heteroatoms. The average Bonchev–Trinajstić information content (AvgIpc) is 2.91. The Kier molecular flexibility index (Phi) is 3.31. The van der Waals surface area contributed by atoms with Crippen molar-refractivity contribution in [1.29, 1.82) is 0 Å². The Morgan fingerprint density at radius 3 is 2.72 bits per heavy atom. The zero-order valence-corrected chi connectivity index (χ0v) is 13.5. The Morgan fingerprint density at radius 2 is 2.00 bits per heavy atom. The molecule has 0 aliphatic carbocycles. The van der Waals surface area contributed by atoms with Crippen molar-refractivity contribution in [2.45, 2.75) is 12.5 Å². The van der Waals surface area contributed by atoms with Crippen LogP contribution in [-0.2, 0) is 6.42 Å². The maximum atomic E-state index is 13.2. The molecule has 0 fully saturated rings. The summed E-state index contributed by atoms with van der Waals surface area (Å²) in [4.78, 5) is 27.7. The molecule has 0 aromatic heterocycles. The quantitative estimate of drug-likeness (QED) is 0.832. The average molecular weight is 340 g/mol. The van der Waals surface area contributed by atoms with Crippen LogP contribution in [-0.4, -0.2) is 41.9 Å². The number of methoxy groups -OCH3 is 1. The third-order valence-corrected chi connectivity index (χ3v) is 4.73. The lowest BCUT2D eigenvalue weighted by molar-refractivity contribution is 0.0983. The Morgan fingerprint density at radius 1 is 1.24 bits per heavy atom. The summed E-state index contributed by atoms with van der Waals surface area (Å²) in [6.45, 7) is 0.133. The Labute approximate surface area is 143 Å². The normalized spacial score (nSPS) is 18.3. The molecule has 128 valence electrons. The van der Waals surface area contributed by atoms with Crippen LogP contribution in [0.25, 0.3) is 0 Å². The predicted octanol–water partition coefficient (Wildman–Crippen LogP) is 2.47. The number of hydrogen-bond donors (Lipinski definition) is 2. The lowest BCUT2D eigenvalue weighted by Crippen LogP contribution is -2.43. The monoisotopic (exact) mass is 340 g/mol. The Bertz CT molecular complexity index is 895. The molecule has 2 aromatic rings. The van der Waals surface area contributed by atoms with Gasteiger partial charge in [0.2, 0.25) is 0 Å². The predicted molar refractivity (Wildman–Crippen MR) is 90.8 cm³/mol. The number of phenols is 1. The highest BCUT2D eigenvalue weighted by Gasteiger charge is 2.41. The molecule has 2 amide bonds. The number of amides is 2.